The van der Waals surface area contributed by atoms with Gasteiger partial charge in [0, 0.05) is 67.2 Å². The number of carbonyl (C=O) groups excluding carboxylic acids is 4. The highest BCUT2D eigenvalue weighted by Gasteiger charge is 2.84. The molecule has 1 amide bonds. The number of rotatable bonds is 15. The first kappa shape index (κ1) is 59.0. The standard InChI is InChI=1S/C57H82N4O18/c1-14-40-56(10)57(78-56)47(59-53(57)68)30(4)43(63)28(2)25-55(9)48(76-52-46(77-79-55)39(60(11)12)23-29(3)71-52)31(5)45(32(6)51(67)73-40)75-42-26-54(8,69-13)49(33(7)72-42)74-41(62)19-21-70-22-20-58-34-15-18-38-36(24-34)44(64)37(50(65)66)27-61(38)35-16-17-35/h15,18,24,27-33,35,39-40,42,45-49,52,58H,14,16-17,19-23,25-26H2,1-13H3,(H,59,68)(H,65,66)/t28-,29?,30-,31+,32+,33-,39-,40-,42+,45+,46-,47+,48-,49+,52-,54+,55?,56?,57-/m0/s1. The average molecular weight is 1110 g/mol. The van der Waals surface area contributed by atoms with E-state index in [1.165, 1.54) is 13.3 Å². The van der Waals surface area contributed by atoms with E-state index in [0.29, 0.717) is 36.0 Å². The van der Waals surface area contributed by atoms with Gasteiger partial charge >= 0.3 is 17.9 Å². The van der Waals surface area contributed by atoms with Gasteiger partial charge in [0.2, 0.25) is 5.43 Å². The van der Waals surface area contributed by atoms with Crippen LogP contribution in [0, 0.1) is 23.7 Å². The number of pyridine rings is 1. The van der Waals surface area contributed by atoms with Crippen LogP contribution in [0.3, 0.4) is 0 Å². The lowest BCUT2D eigenvalue weighted by Crippen LogP contribution is -2.72. The van der Waals surface area contributed by atoms with E-state index in [9.17, 15) is 33.9 Å². The molecule has 19 atom stereocenters. The number of methoxy groups -OCH3 is 1. The molecule has 438 valence electrons. The molecule has 6 saturated heterocycles. The van der Waals surface area contributed by atoms with Gasteiger partial charge in [-0.25, -0.2) is 14.6 Å². The van der Waals surface area contributed by atoms with Crippen molar-refractivity contribution in [1.82, 2.24) is 14.8 Å². The largest absolute Gasteiger partial charge is 0.477 e. The van der Waals surface area contributed by atoms with E-state index in [4.69, 9.17) is 52.4 Å². The number of likely N-dealkylation sites (N-methyl/N-ethyl adjacent to an activating group) is 1. The normalized spacial score (nSPS) is 40.7. The number of hydrogen-bond acceptors (Lipinski definition) is 19. The summed E-state index contributed by atoms with van der Waals surface area (Å²) in [6.45, 7) is 18.8. The number of ether oxygens (including phenoxy) is 9. The van der Waals surface area contributed by atoms with Gasteiger partial charge in [-0.2, -0.15) is 0 Å². The molecule has 22 nitrogen and oxygen atoms in total. The summed E-state index contributed by atoms with van der Waals surface area (Å²) in [4.78, 5) is 96.4. The fraction of sp³-hybridized carbons (Fsp3) is 0.754. The third kappa shape index (κ3) is 11.0. The van der Waals surface area contributed by atoms with E-state index in [0.717, 1.165) is 12.8 Å². The second-order valence-corrected chi connectivity index (χ2v) is 24.1. The number of cyclic esters (lactones) is 1. The molecular weight excluding hydrogens is 1030 g/mol. The van der Waals surface area contributed by atoms with Crippen LogP contribution in [0.4, 0.5) is 5.69 Å². The Morgan fingerprint density at radius 3 is 2.35 bits per heavy atom. The predicted octanol–water partition coefficient (Wildman–Crippen LogP) is 5.09. The van der Waals surface area contributed by atoms with E-state index >= 15 is 0 Å². The molecule has 6 aliphatic heterocycles. The Hall–Kier alpha value is -4.62. The number of nitrogens with zero attached hydrogens (tertiary/aromatic N) is 2. The average Bonchev–Trinajstić information content (AvgIpc) is 3.86. The Balaban J connectivity index is 0.901. The number of hydrogen-bond donors (Lipinski definition) is 3. The molecule has 1 saturated carbocycles. The van der Waals surface area contributed by atoms with Crippen molar-refractivity contribution in [3.8, 4) is 0 Å². The van der Waals surface area contributed by atoms with Crippen molar-refractivity contribution in [2.75, 3.05) is 46.3 Å². The summed E-state index contributed by atoms with van der Waals surface area (Å²) in [7, 11) is 5.42. The Morgan fingerprint density at radius 2 is 1.70 bits per heavy atom. The summed E-state index contributed by atoms with van der Waals surface area (Å²) < 4.78 is 59.8. The van der Waals surface area contributed by atoms with Gasteiger partial charge < -0.3 is 67.8 Å². The number of epoxide rings is 1. The number of carboxylic acid groups (broad SMARTS) is 1. The van der Waals surface area contributed by atoms with E-state index in [1.54, 1.807) is 40.7 Å². The van der Waals surface area contributed by atoms with Gasteiger partial charge in [-0.05, 0) is 106 Å². The molecule has 2 aromatic rings. The highest BCUT2D eigenvalue weighted by molar-refractivity contribution is 6.00. The first-order valence-electron chi connectivity index (χ1n) is 28.2. The molecule has 1 aromatic carbocycles. The van der Waals surface area contributed by atoms with Crippen LogP contribution in [0.5, 0.6) is 0 Å². The summed E-state index contributed by atoms with van der Waals surface area (Å²) in [5, 5.41) is 16.1. The maximum atomic E-state index is 14.8. The molecule has 1 aromatic heterocycles. The van der Waals surface area contributed by atoms with Crippen LogP contribution in [0.25, 0.3) is 10.9 Å². The Morgan fingerprint density at radius 1 is 0.962 bits per heavy atom. The maximum Gasteiger partial charge on any atom is 0.341 e. The van der Waals surface area contributed by atoms with Crippen LogP contribution >= 0.6 is 0 Å². The molecule has 7 fully saturated rings. The Bertz CT molecular complexity index is 2700. The molecule has 1 spiro atoms. The van der Waals surface area contributed by atoms with Gasteiger partial charge in [-0.3, -0.25) is 24.0 Å². The molecular formula is C57H82N4O18. The van der Waals surface area contributed by atoms with Crippen molar-refractivity contribution >= 4 is 46.2 Å². The summed E-state index contributed by atoms with van der Waals surface area (Å²) >= 11 is 0. The number of Topliss-reactive ketones (excluding diaryl/α,β-unsaturated/α-hetero) is 1. The van der Waals surface area contributed by atoms with Crippen molar-refractivity contribution in [1.29, 1.82) is 0 Å². The minimum absolute atomic E-state index is 0.0421. The summed E-state index contributed by atoms with van der Waals surface area (Å²) in [5.74, 6) is -5.98. The van der Waals surface area contributed by atoms with Crippen molar-refractivity contribution in [3.05, 3.63) is 40.2 Å². The molecule has 0 bridgehead atoms. The van der Waals surface area contributed by atoms with Crippen LogP contribution in [0.15, 0.2) is 29.2 Å². The summed E-state index contributed by atoms with van der Waals surface area (Å²) in [6.07, 6.45) is -3.05. The van der Waals surface area contributed by atoms with E-state index < -0.39 is 125 Å². The first-order valence-corrected chi connectivity index (χ1v) is 28.2. The molecule has 1 aliphatic carbocycles. The lowest BCUT2D eigenvalue weighted by molar-refractivity contribution is -0.400. The minimum Gasteiger partial charge on any atom is -0.477 e. The number of β-lactam (4-membered cyclic amide) rings is 1. The molecule has 79 heavy (non-hydrogen) atoms. The number of anilines is 1. The number of aromatic carboxylic acids is 1. The van der Waals surface area contributed by atoms with Gasteiger partial charge in [0.25, 0.3) is 5.91 Å². The highest BCUT2D eigenvalue weighted by atomic mass is 17.2. The third-order valence-electron chi connectivity index (χ3n) is 18.1. The zero-order valence-electron chi connectivity index (χ0n) is 47.9. The van der Waals surface area contributed by atoms with Crippen LogP contribution in [-0.2, 0) is 71.6 Å². The number of carboxylic acids is 1. The molecule has 3 N–H and O–H groups in total. The third-order valence-corrected chi connectivity index (χ3v) is 18.1. The SMILES string of the molecule is CC[C@@H]1OC(=O)[C@H](C)[C@H](O[C@@H]2C[C@@](C)(OC)[C@H](OC(=O)CCOCCNc3ccc4c(c3)c(=O)c(C(=O)O)cn4C3CC3)[C@H](C)O2)[C@@H](C)[C@@H]2O[C@@H]3OC(C)C[C@H](N(C)C)[C@@H]3OOC2(C)C[C@H](C)C(=O)[C@H](C)[C@H]2NC(=O)[C@@]23OC13C. The zero-order chi connectivity index (χ0) is 57.3. The van der Waals surface area contributed by atoms with Gasteiger partial charge in [0.15, 0.2) is 30.4 Å². The van der Waals surface area contributed by atoms with Crippen molar-refractivity contribution in [2.24, 2.45) is 23.7 Å². The zero-order valence-corrected chi connectivity index (χ0v) is 47.9. The Kier molecular flexibility index (Phi) is 16.9. The Labute approximate surface area is 461 Å². The molecule has 9 rings (SSSR count). The second-order valence-electron chi connectivity index (χ2n) is 24.1. The van der Waals surface area contributed by atoms with Crippen LogP contribution in [-0.4, -0.2) is 175 Å². The van der Waals surface area contributed by atoms with Crippen molar-refractivity contribution < 1.29 is 81.5 Å². The smallest absolute Gasteiger partial charge is 0.341 e. The lowest BCUT2D eigenvalue weighted by atomic mass is 9.69. The predicted molar refractivity (Wildman–Crippen MR) is 283 cm³/mol. The summed E-state index contributed by atoms with van der Waals surface area (Å²) in [6, 6.07) is 4.63. The maximum absolute atomic E-state index is 14.8. The van der Waals surface area contributed by atoms with Crippen LogP contribution in [0.1, 0.15) is 131 Å². The van der Waals surface area contributed by atoms with Gasteiger partial charge in [-0.1, -0.05) is 27.7 Å². The number of esters is 2. The van der Waals surface area contributed by atoms with Crippen molar-refractivity contribution in [3.63, 3.8) is 0 Å². The van der Waals surface area contributed by atoms with Gasteiger partial charge in [0.05, 0.1) is 61.5 Å². The fourth-order valence-electron chi connectivity index (χ4n) is 13.4. The monoisotopic (exact) mass is 1110 g/mol. The van der Waals surface area contributed by atoms with Crippen molar-refractivity contribution in [2.45, 2.75) is 210 Å². The molecule has 22 heteroatoms. The van der Waals surface area contributed by atoms with Crippen LogP contribution < -0.4 is 16.1 Å². The van der Waals surface area contributed by atoms with E-state index in [-0.39, 0.29) is 67.9 Å². The number of fused-ring (bicyclic) bond motifs is 3. The van der Waals surface area contributed by atoms with Gasteiger partial charge in [-0.15, -0.1) is 0 Å². The number of carbonyl (C=O) groups is 5. The van der Waals surface area contributed by atoms with E-state index in [1.807, 2.05) is 70.3 Å². The number of benzene rings is 1. The fourth-order valence-corrected chi connectivity index (χ4v) is 13.4. The number of ketones is 1. The van der Waals surface area contributed by atoms with Gasteiger partial charge in [0.1, 0.15) is 34.3 Å². The van der Waals surface area contributed by atoms with Crippen LogP contribution in [0.2, 0.25) is 0 Å². The first-order chi connectivity index (χ1) is 37.3. The topological polar surface area (TPSA) is 260 Å². The second kappa shape index (κ2) is 22.6. The number of amides is 1. The number of nitrogens with one attached hydrogen (secondary N) is 2. The van der Waals surface area contributed by atoms with E-state index in [2.05, 4.69) is 10.6 Å². The number of aromatic nitrogens is 1. The lowest BCUT2D eigenvalue weighted by Gasteiger charge is -2.48. The highest BCUT2D eigenvalue weighted by Crippen LogP contribution is 2.60. The summed E-state index contributed by atoms with van der Waals surface area (Å²) in [5.41, 5.74) is -4.61. The minimum atomic E-state index is -1.37. The molecule has 0 radical (unpaired) electrons. The molecule has 7 aliphatic rings. The quantitative estimate of drug-likeness (QED) is 0.0689. The molecule has 3 unspecified atom stereocenters. The molecule has 7 heterocycles.